The van der Waals surface area contributed by atoms with Gasteiger partial charge in [0.25, 0.3) is 0 Å². The van der Waals surface area contributed by atoms with Crippen LogP contribution in [0.1, 0.15) is 5.56 Å². The molecule has 3 rings (SSSR count). The molecule has 1 amide bonds. The highest BCUT2D eigenvalue weighted by Crippen LogP contribution is 2.12. The lowest BCUT2D eigenvalue weighted by molar-refractivity contribution is -0.115. The van der Waals surface area contributed by atoms with Gasteiger partial charge < -0.3 is 5.32 Å². The lowest BCUT2D eigenvalue weighted by Gasteiger charge is -2.06. The van der Waals surface area contributed by atoms with Crippen LogP contribution in [0.2, 0.25) is 0 Å². The van der Waals surface area contributed by atoms with Crippen LogP contribution in [0.5, 0.6) is 0 Å². The normalized spacial score (nSPS) is 10.3. The van der Waals surface area contributed by atoms with E-state index in [9.17, 15) is 4.79 Å². The van der Waals surface area contributed by atoms with Crippen LogP contribution in [-0.2, 0) is 11.2 Å². The van der Waals surface area contributed by atoms with Gasteiger partial charge in [-0.15, -0.1) is 5.10 Å². The second-order valence-corrected chi connectivity index (χ2v) is 4.51. The Balaban J connectivity index is 1.64. The van der Waals surface area contributed by atoms with E-state index >= 15 is 0 Å². The van der Waals surface area contributed by atoms with E-state index in [1.165, 1.54) is 6.33 Å². The van der Waals surface area contributed by atoms with Gasteiger partial charge in [0.15, 0.2) is 0 Å². The molecular weight excluding hydrogens is 266 g/mol. The van der Waals surface area contributed by atoms with Crippen molar-refractivity contribution < 1.29 is 4.79 Å². The minimum atomic E-state index is -0.0450. The van der Waals surface area contributed by atoms with Crippen molar-refractivity contribution in [3.8, 4) is 5.69 Å². The quantitative estimate of drug-likeness (QED) is 0.791. The third-order valence-corrected chi connectivity index (χ3v) is 2.97. The number of aromatic nitrogens is 4. The minimum Gasteiger partial charge on any atom is -0.326 e. The smallest absolute Gasteiger partial charge is 0.228 e. The van der Waals surface area contributed by atoms with Gasteiger partial charge in [0.2, 0.25) is 5.91 Å². The minimum absolute atomic E-state index is 0.0450. The number of anilines is 1. The highest BCUT2D eigenvalue weighted by atomic mass is 16.1. The van der Waals surface area contributed by atoms with Crippen molar-refractivity contribution in [2.24, 2.45) is 0 Å². The van der Waals surface area contributed by atoms with Crippen LogP contribution in [0.15, 0.2) is 60.9 Å². The van der Waals surface area contributed by atoms with Crippen molar-refractivity contribution in [1.82, 2.24) is 20.2 Å². The number of carbonyl (C=O) groups excluding carboxylic acids is 1. The molecule has 0 unspecified atom stereocenters. The van der Waals surface area contributed by atoms with Crippen molar-refractivity contribution >= 4 is 11.6 Å². The third kappa shape index (κ3) is 3.30. The summed E-state index contributed by atoms with van der Waals surface area (Å²) in [5.41, 5.74) is 2.56. The standard InChI is InChI=1S/C15H13N5O/c21-15(10-12-4-2-1-3-5-12)17-13-6-8-14(9-7-13)20-11-16-18-19-20/h1-9,11H,10H2,(H,17,21). The summed E-state index contributed by atoms with van der Waals surface area (Å²) in [6.45, 7) is 0. The lowest BCUT2D eigenvalue weighted by Crippen LogP contribution is -2.14. The summed E-state index contributed by atoms with van der Waals surface area (Å²) >= 11 is 0. The largest absolute Gasteiger partial charge is 0.326 e. The number of tetrazole rings is 1. The maximum Gasteiger partial charge on any atom is 0.228 e. The number of hydrogen-bond donors (Lipinski definition) is 1. The Morgan fingerprint density at radius 3 is 2.48 bits per heavy atom. The molecule has 0 bridgehead atoms. The van der Waals surface area contributed by atoms with Gasteiger partial charge in [0.05, 0.1) is 12.1 Å². The molecule has 6 nitrogen and oxygen atoms in total. The highest BCUT2D eigenvalue weighted by molar-refractivity contribution is 5.92. The summed E-state index contributed by atoms with van der Waals surface area (Å²) in [5, 5.41) is 13.8. The molecule has 1 N–H and O–H groups in total. The molecule has 0 fully saturated rings. The molecule has 0 saturated heterocycles. The first-order valence-electron chi connectivity index (χ1n) is 6.48. The number of amides is 1. The molecule has 0 aliphatic carbocycles. The van der Waals surface area contributed by atoms with Crippen molar-refractivity contribution in [1.29, 1.82) is 0 Å². The zero-order chi connectivity index (χ0) is 14.5. The van der Waals surface area contributed by atoms with Crippen molar-refractivity contribution in [2.45, 2.75) is 6.42 Å². The molecular formula is C15H13N5O. The monoisotopic (exact) mass is 279 g/mol. The molecule has 0 radical (unpaired) electrons. The topological polar surface area (TPSA) is 72.7 Å². The Bertz CT molecular complexity index is 708. The first-order chi connectivity index (χ1) is 10.3. The number of nitrogens with zero attached hydrogens (tertiary/aromatic N) is 4. The number of benzene rings is 2. The van der Waals surface area contributed by atoms with Gasteiger partial charge in [-0.3, -0.25) is 4.79 Å². The second kappa shape index (κ2) is 5.96. The average molecular weight is 279 g/mol. The Kier molecular flexibility index (Phi) is 3.68. The maximum atomic E-state index is 11.9. The van der Waals surface area contributed by atoms with Crippen molar-refractivity contribution in [3.05, 3.63) is 66.5 Å². The van der Waals surface area contributed by atoms with E-state index in [2.05, 4.69) is 20.8 Å². The molecule has 104 valence electrons. The molecule has 3 aromatic rings. The van der Waals surface area contributed by atoms with E-state index < -0.39 is 0 Å². The molecule has 1 heterocycles. The van der Waals surface area contributed by atoms with E-state index in [0.717, 1.165) is 16.9 Å². The molecule has 0 aliphatic rings. The van der Waals surface area contributed by atoms with E-state index in [4.69, 9.17) is 0 Å². The zero-order valence-corrected chi connectivity index (χ0v) is 11.2. The van der Waals surface area contributed by atoms with E-state index in [1.807, 2.05) is 54.6 Å². The van der Waals surface area contributed by atoms with Crippen molar-refractivity contribution in [2.75, 3.05) is 5.32 Å². The van der Waals surface area contributed by atoms with Crippen LogP contribution in [0.3, 0.4) is 0 Å². The predicted molar refractivity (Wildman–Crippen MR) is 77.9 cm³/mol. The van der Waals surface area contributed by atoms with Crippen LogP contribution in [0.4, 0.5) is 5.69 Å². The van der Waals surface area contributed by atoms with Gasteiger partial charge in [-0.25, -0.2) is 4.68 Å². The van der Waals surface area contributed by atoms with Gasteiger partial charge in [-0.1, -0.05) is 30.3 Å². The summed E-state index contributed by atoms with van der Waals surface area (Å²) in [6, 6.07) is 17.0. The third-order valence-electron chi connectivity index (χ3n) is 2.97. The molecule has 0 atom stereocenters. The van der Waals surface area contributed by atoms with E-state index in [1.54, 1.807) is 4.68 Å². The molecule has 0 aliphatic heterocycles. The van der Waals surface area contributed by atoms with E-state index in [0.29, 0.717) is 6.42 Å². The number of hydrogen-bond acceptors (Lipinski definition) is 4. The summed E-state index contributed by atoms with van der Waals surface area (Å²) in [4.78, 5) is 11.9. The Hall–Kier alpha value is -3.02. The van der Waals surface area contributed by atoms with Crippen LogP contribution in [0.25, 0.3) is 5.69 Å². The molecule has 2 aromatic carbocycles. The summed E-state index contributed by atoms with van der Waals surface area (Å²) in [7, 11) is 0. The molecule has 1 aromatic heterocycles. The molecule has 0 saturated carbocycles. The van der Waals surface area contributed by atoms with Crippen LogP contribution < -0.4 is 5.32 Å². The van der Waals surface area contributed by atoms with Gasteiger partial charge >= 0.3 is 0 Å². The van der Waals surface area contributed by atoms with Gasteiger partial charge in [-0.2, -0.15) is 0 Å². The Morgan fingerprint density at radius 1 is 1.05 bits per heavy atom. The highest BCUT2D eigenvalue weighted by Gasteiger charge is 2.04. The number of nitrogens with one attached hydrogen (secondary N) is 1. The fourth-order valence-corrected chi connectivity index (χ4v) is 1.96. The second-order valence-electron chi connectivity index (χ2n) is 4.51. The van der Waals surface area contributed by atoms with Crippen LogP contribution >= 0.6 is 0 Å². The van der Waals surface area contributed by atoms with Gasteiger partial charge in [0, 0.05) is 5.69 Å². The van der Waals surface area contributed by atoms with Crippen molar-refractivity contribution in [3.63, 3.8) is 0 Å². The van der Waals surface area contributed by atoms with Crippen LogP contribution in [-0.4, -0.2) is 26.1 Å². The van der Waals surface area contributed by atoms with E-state index in [-0.39, 0.29) is 5.91 Å². The fraction of sp³-hybridized carbons (Fsp3) is 0.0667. The first kappa shape index (κ1) is 13.0. The maximum absolute atomic E-state index is 11.9. The predicted octanol–water partition coefficient (Wildman–Crippen LogP) is 1.84. The summed E-state index contributed by atoms with van der Waals surface area (Å²) < 4.78 is 1.55. The first-order valence-corrected chi connectivity index (χ1v) is 6.48. The molecule has 0 spiro atoms. The summed E-state index contributed by atoms with van der Waals surface area (Å²) in [5.74, 6) is -0.0450. The zero-order valence-electron chi connectivity index (χ0n) is 11.2. The fourth-order valence-electron chi connectivity index (χ4n) is 1.96. The van der Waals surface area contributed by atoms with Crippen LogP contribution in [0, 0.1) is 0 Å². The summed E-state index contributed by atoms with van der Waals surface area (Å²) in [6.07, 6.45) is 1.87. The Labute approximate surface area is 121 Å². The Morgan fingerprint density at radius 2 is 1.81 bits per heavy atom. The molecule has 6 heteroatoms. The SMILES string of the molecule is O=C(Cc1ccccc1)Nc1ccc(-n2cnnn2)cc1. The number of rotatable bonds is 4. The lowest BCUT2D eigenvalue weighted by atomic mass is 10.1. The van der Waals surface area contributed by atoms with Gasteiger partial charge in [-0.05, 0) is 40.3 Å². The molecule has 21 heavy (non-hydrogen) atoms. The van der Waals surface area contributed by atoms with Gasteiger partial charge in [0.1, 0.15) is 6.33 Å². The number of carbonyl (C=O) groups is 1. The average Bonchev–Trinajstić information content (AvgIpc) is 3.03.